The van der Waals surface area contributed by atoms with Gasteiger partial charge in [-0.25, -0.2) is 0 Å². The molecular weight excluding hydrogens is 320 g/mol. The zero-order valence-corrected chi connectivity index (χ0v) is 18.4. The first-order valence-electron chi connectivity index (χ1n) is 11.1. The van der Waals surface area contributed by atoms with Crippen LogP contribution in [0.15, 0.2) is 0 Å². The molecule has 0 N–H and O–H groups in total. The molecule has 0 radical (unpaired) electrons. The molecule has 3 heterocycles. The molecule has 4 nitrogen and oxygen atoms in total. The summed E-state index contributed by atoms with van der Waals surface area (Å²) in [6.07, 6.45) is 4.19. The van der Waals surface area contributed by atoms with Gasteiger partial charge in [-0.2, -0.15) is 0 Å². The first-order valence-corrected chi connectivity index (χ1v) is 11.1. The van der Waals surface area contributed by atoms with Gasteiger partial charge in [0.1, 0.15) is 0 Å². The average molecular weight is 365 g/mol. The van der Waals surface area contributed by atoms with Crippen molar-refractivity contribution in [3.63, 3.8) is 0 Å². The monoisotopic (exact) mass is 364 g/mol. The van der Waals surface area contributed by atoms with Crippen molar-refractivity contribution in [2.45, 2.75) is 77.9 Å². The fourth-order valence-corrected chi connectivity index (χ4v) is 5.12. The summed E-state index contributed by atoms with van der Waals surface area (Å²) in [5, 5.41) is 0. The molecule has 3 aliphatic rings. The Labute approximate surface area is 162 Å². The highest BCUT2D eigenvalue weighted by Gasteiger charge is 2.35. The van der Waals surface area contributed by atoms with Crippen molar-refractivity contribution >= 4 is 0 Å². The fraction of sp³-hybridized carbons (Fsp3) is 1.00. The van der Waals surface area contributed by atoms with Crippen LogP contribution in [0.25, 0.3) is 0 Å². The van der Waals surface area contributed by atoms with E-state index < -0.39 is 0 Å². The van der Waals surface area contributed by atoms with Crippen LogP contribution in [0.4, 0.5) is 0 Å². The third-order valence-corrected chi connectivity index (χ3v) is 7.11. The minimum Gasteiger partial charge on any atom is -0.301 e. The molecule has 26 heavy (non-hydrogen) atoms. The number of nitrogens with zero attached hydrogens (tertiary/aromatic N) is 4. The number of hydrogen-bond donors (Lipinski definition) is 0. The van der Waals surface area contributed by atoms with Crippen LogP contribution in [0, 0.1) is 5.92 Å². The number of piperazine rings is 1. The molecule has 0 aromatic heterocycles. The minimum absolute atomic E-state index is 0.333. The Kier molecular flexibility index (Phi) is 6.38. The number of likely N-dealkylation sites (tertiary alicyclic amines) is 2. The molecule has 3 rings (SSSR count). The van der Waals surface area contributed by atoms with E-state index in [0.717, 1.165) is 12.0 Å². The van der Waals surface area contributed by atoms with Crippen LogP contribution in [0.5, 0.6) is 0 Å². The minimum atomic E-state index is 0.333. The molecule has 3 saturated heterocycles. The van der Waals surface area contributed by atoms with Crippen molar-refractivity contribution in [3.05, 3.63) is 0 Å². The molecule has 4 heteroatoms. The van der Waals surface area contributed by atoms with Crippen LogP contribution in [0.1, 0.15) is 60.8 Å². The summed E-state index contributed by atoms with van der Waals surface area (Å²) in [6.45, 7) is 25.7. The second-order valence-electron chi connectivity index (χ2n) is 11.0. The van der Waals surface area contributed by atoms with Gasteiger partial charge in [0.2, 0.25) is 0 Å². The molecule has 0 spiro atoms. The van der Waals surface area contributed by atoms with E-state index >= 15 is 0 Å². The van der Waals surface area contributed by atoms with E-state index in [-0.39, 0.29) is 0 Å². The third kappa shape index (κ3) is 5.21. The maximum atomic E-state index is 2.81. The van der Waals surface area contributed by atoms with E-state index in [1.807, 2.05) is 0 Å². The molecule has 0 aromatic carbocycles. The summed E-state index contributed by atoms with van der Waals surface area (Å²) in [5.74, 6) is 0.924. The van der Waals surface area contributed by atoms with E-state index in [0.29, 0.717) is 11.1 Å². The largest absolute Gasteiger partial charge is 0.301 e. The van der Waals surface area contributed by atoms with Crippen molar-refractivity contribution in [3.8, 4) is 0 Å². The summed E-state index contributed by atoms with van der Waals surface area (Å²) in [4.78, 5) is 10.9. The summed E-state index contributed by atoms with van der Waals surface area (Å²) >= 11 is 0. The fourth-order valence-electron chi connectivity index (χ4n) is 5.12. The van der Waals surface area contributed by atoms with E-state index in [1.54, 1.807) is 0 Å². The predicted octanol–water partition coefficient (Wildman–Crippen LogP) is 2.99. The first-order chi connectivity index (χ1) is 12.1. The SMILES string of the molecule is CC(C)(C)N1CCN(CC2CCN(C3CCN(C(C)(C)C)C3)CC2)CC1. The number of piperidine rings is 1. The maximum absolute atomic E-state index is 2.81. The van der Waals surface area contributed by atoms with Crippen molar-refractivity contribution in [2.24, 2.45) is 5.92 Å². The van der Waals surface area contributed by atoms with Gasteiger partial charge >= 0.3 is 0 Å². The van der Waals surface area contributed by atoms with Crippen LogP contribution >= 0.6 is 0 Å². The molecule has 0 aromatic rings. The van der Waals surface area contributed by atoms with Gasteiger partial charge in [0, 0.05) is 62.9 Å². The topological polar surface area (TPSA) is 13.0 Å². The standard InChI is InChI=1S/C22H44N4/c1-21(2,3)25-15-13-23(14-16-25)17-19-7-10-24(11-8-19)20-9-12-26(18-20)22(4,5)6/h19-20H,7-18H2,1-6H3. The molecule has 0 aliphatic carbocycles. The number of rotatable bonds is 3. The maximum Gasteiger partial charge on any atom is 0.0235 e. The molecule has 0 bridgehead atoms. The van der Waals surface area contributed by atoms with E-state index in [9.17, 15) is 0 Å². The van der Waals surface area contributed by atoms with Gasteiger partial charge in [-0.3, -0.25) is 14.7 Å². The Balaban J connectivity index is 1.37. The average Bonchev–Trinajstić information content (AvgIpc) is 3.05. The molecule has 3 aliphatic heterocycles. The lowest BCUT2D eigenvalue weighted by Gasteiger charge is -2.44. The highest BCUT2D eigenvalue weighted by molar-refractivity contribution is 4.91. The molecule has 0 amide bonds. The Hall–Kier alpha value is -0.160. The summed E-state index contributed by atoms with van der Waals surface area (Å²) in [6, 6.07) is 0.811. The van der Waals surface area contributed by atoms with Crippen LogP contribution in [0.2, 0.25) is 0 Å². The van der Waals surface area contributed by atoms with Gasteiger partial charge in [-0.1, -0.05) is 0 Å². The van der Waals surface area contributed by atoms with Gasteiger partial charge in [0.25, 0.3) is 0 Å². The summed E-state index contributed by atoms with van der Waals surface area (Å²) in [5.41, 5.74) is 0.669. The Morgan fingerprint density at radius 1 is 0.654 bits per heavy atom. The van der Waals surface area contributed by atoms with Crippen LogP contribution < -0.4 is 0 Å². The second-order valence-corrected chi connectivity index (χ2v) is 11.0. The van der Waals surface area contributed by atoms with Crippen molar-refractivity contribution in [1.29, 1.82) is 0 Å². The normalized spacial score (nSPS) is 29.5. The van der Waals surface area contributed by atoms with Crippen LogP contribution in [-0.4, -0.2) is 95.6 Å². The van der Waals surface area contributed by atoms with Crippen LogP contribution in [-0.2, 0) is 0 Å². The predicted molar refractivity (Wildman–Crippen MR) is 112 cm³/mol. The van der Waals surface area contributed by atoms with Crippen molar-refractivity contribution in [2.75, 3.05) is 58.9 Å². The van der Waals surface area contributed by atoms with E-state index in [4.69, 9.17) is 0 Å². The molecule has 3 fully saturated rings. The van der Waals surface area contributed by atoms with Gasteiger partial charge in [-0.15, -0.1) is 0 Å². The number of hydrogen-bond acceptors (Lipinski definition) is 4. The smallest absolute Gasteiger partial charge is 0.0235 e. The van der Waals surface area contributed by atoms with Gasteiger partial charge in [0.15, 0.2) is 0 Å². The lowest BCUT2D eigenvalue weighted by molar-refractivity contribution is 0.0441. The Bertz CT molecular complexity index is 434. The highest BCUT2D eigenvalue weighted by Crippen LogP contribution is 2.28. The molecule has 152 valence electrons. The molecule has 0 saturated carbocycles. The van der Waals surface area contributed by atoms with Crippen molar-refractivity contribution in [1.82, 2.24) is 19.6 Å². The zero-order valence-electron chi connectivity index (χ0n) is 18.4. The Morgan fingerprint density at radius 3 is 1.73 bits per heavy atom. The molecular formula is C22H44N4. The Morgan fingerprint density at radius 2 is 1.23 bits per heavy atom. The van der Waals surface area contributed by atoms with Crippen molar-refractivity contribution < 1.29 is 0 Å². The lowest BCUT2D eigenvalue weighted by atomic mass is 9.94. The molecule has 1 atom stereocenters. The highest BCUT2D eigenvalue weighted by atomic mass is 15.3. The van der Waals surface area contributed by atoms with Gasteiger partial charge < -0.3 is 4.90 Å². The van der Waals surface area contributed by atoms with Crippen LogP contribution in [0.3, 0.4) is 0 Å². The lowest BCUT2D eigenvalue weighted by Crippen LogP contribution is -2.54. The summed E-state index contributed by atoms with van der Waals surface area (Å²) in [7, 11) is 0. The van der Waals surface area contributed by atoms with E-state index in [2.05, 4.69) is 61.1 Å². The summed E-state index contributed by atoms with van der Waals surface area (Å²) < 4.78 is 0. The van der Waals surface area contributed by atoms with E-state index in [1.165, 1.54) is 78.2 Å². The molecule has 1 unspecified atom stereocenters. The van der Waals surface area contributed by atoms with Gasteiger partial charge in [-0.05, 0) is 79.8 Å². The van der Waals surface area contributed by atoms with Gasteiger partial charge in [0.05, 0.1) is 0 Å². The zero-order chi connectivity index (χ0) is 18.9. The second kappa shape index (κ2) is 8.06. The first kappa shape index (κ1) is 20.6. The third-order valence-electron chi connectivity index (χ3n) is 7.11. The quantitative estimate of drug-likeness (QED) is 0.763.